The van der Waals surface area contributed by atoms with Gasteiger partial charge in [0.25, 0.3) is 11.8 Å². The van der Waals surface area contributed by atoms with Crippen LogP contribution in [0.15, 0.2) is 78.4 Å². The van der Waals surface area contributed by atoms with Gasteiger partial charge in [0.05, 0.1) is 70.1 Å². The average Bonchev–Trinajstić information content (AvgIpc) is 4.02. The van der Waals surface area contributed by atoms with E-state index >= 15 is 8.78 Å². The van der Waals surface area contributed by atoms with E-state index in [9.17, 15) is 37.9 Å². The maximum Gasteiger partial charge on any atom is 0.420 e. The van der Waals surface area contributed by atoms with Crippen molar-refractivity contribution < 1.29 is 55.7 Å². The Hall–Kier alpha value is -7.13. The third kappa shape index (κ3) is 12.4. The lowest BCUT2D eigenvalue weighted by atomic mass is 9.85. The maximum atomic E-state index is 15.4. The zero-order chi connectivity index (χ0) is 54.6. The van der Waals surface area contributed by atoms with Crippen molar-refractivity contribution in [1.82, 2.24) is 25.5 Å². The van der Waals surface area contributed by atoms with Crippen LogP contribution in [0.3, 0.4) is 0 Å². The van der Waals surface area contributed by atoms with Gasteiger partial charge < -0.3 is 39.8 Å². The van der Waals surface area contributed by atoms with E-state index in [-0.39, 0.29) is 68.2 Å². The van der Waals surface area contributed by atoms with Crippen molar-refractivity contribution >= 4 is 63.6 Å². The molecule has 0 radical (unpaired) electrons. The molecule has 3 aromatic carbocycles. The maximum absolute atomic E-state index is 15.4. The molecule has 3 atom stereocenters. The van der Waals surface area contributed by atoms with Crippen LogP contribution in [-0.2, 0) is 27.0 Å². The predicted octanol–water partition coefficient (Wildman–Crippen LogP) is 8.34. The van der Waals surface area contributed by atoms with E-state index in [1.807, 2.05) is 31.2 Å². The molecule has 3 amide bonds. The van der Waals surface area contributed by atoms with E-state index in [2.05, 4.69) is 20.6 Å². The van der Waals surface area contributed by atoms with Crippen LogP contribution in [-0.4, -0.2) is 105 Å². The Balaban J connectivity index is 0.844. The summed E-state index contributed by atoms with van der Waals surface area (Å²) in [6, 6.07) is 16.1. The van der Waals surface area contributed by atoms with E-state index in [1.54, 1.807) is 61.9 Å². The summed E-state index contributed by atoms with van der Waals surface area (Å²) >= 11 is 7.04. The summed E-state index contributed by atoms with van der Waals surface area (Å²) in [5.41, 5.74) is -0.730. The number of amides is 3. The lowest BCUT2D eigenvalue weighted by molar-refractivity contribution is -0.142. The van der Waals surface area contributed by atoms with Crippen LogP contribution >= 0.6 is 23.6 Å². The minimum absolute atomic E-state index is 0.00162. The topological polar surface area (TPSA) is 206 Å². The number of benzene rings is 3. The Bertz CT molecular complexity index is 3000. The number of alkyl halides is 3. The third-order valence-electron chi connectivity index (χ3n) is 12.5. The molecule has 0 saturated carbocycles. The van der Waals surface area contributed by atoms with E-state index in [0.29, 0.717) is 12.2 Å². The number of carbonyl (C=O) groups is 3. The molecule has 0 bridgehead atoms. The Morgan fingerprint density at radius 3 is 2.33 bits per heavy atom. The molecule has 2 aliphatic rings. The second-order valence-corrected chi connectivity index (χ2v) is 20.5. The Morgan fingerprint density at radius 1 is 1.00 bits per heavy atom. The number of pyridine rings is 1. The molecule has 16 nitrogen and oxygen atoms in total. The number of hydrogen-bond acceptors (Lipinski definition) is 13. The molecule has 4 N–H and O–H groups in total. The number of likely N-dealkylation sites (tertiary alicyclic amines) is 1. The molecule has 0 aliphatic carbocycles. The highest BCUT2D eigenvalue weighted by molar-refractivity contribution is 7.81. The van der Waals surface area contributed by atoms with Crippen LogP contribution in [0.5, 0.6) is 11.6 Å². The standard InChI is InChI=1S/C52H54F5N9O7S2/c1-29-42(75-28-62-29)31-10-8-30(9-11-31)25-60-45(69)39-23-35(67)27-64(39)47(70)43(50(2,3)4)63-44(68)32-12-15-36(16-13-32)72-21-20-71-18-7-19-73-46-37(53)22-34(26-61-46)66-49(74)65(48(59)51(66,5)6)38-17-14-33(24-58)40(41(38)54)52(55,56)57/h8-17,22,26,28,35,39,43,59,67H,7,18-21,23,25,27H2,1-6H3,(H,60,69)(H,63,68)/t35-,39+,43-/m1/s1. The second-order valence-electron chi connectivity index (χ2n) is 19.3. The summed E-state index contributed by atoms with van der Waals surface area (Å²) in [5.74, 6) is -4.45. The summed E-state index contributed by atoms with van der Waals surface area (Å²) in [6.07, 6.45) is -4.56. The molecular formula is C52H54F5N9O7S2. The van der Waals surface area contributed by atoms with Crippen molar-refractivity contribution in [2.75, 3.05) is 42.8 Å². The van der Waals surface area contributed by atoms with E-state index in [0.717, 1.165) is 44.8 Å². The second kappa shape index (κ2) is 22.8. The van der Waals surface area contributed by atoms with Gasteiger partial charge in [0.15, 0.2) is 16.7 Å². The molecule has 396 valence electrons. The lowest BCUT2D eigenvalue weighted by Crippen LogP contribution is -2.57. The van der Waals surface area contributed by atoms with Gasteiger partial charge in [-0.3, -0.25) is 24.7 Å². The number of amidine groups is 1. The summed E-state index contributed by atoms with van der Waals surface area (Å²) in [7, 11) is 0. The monoisotopic (exact) mass is 1080 g/mol. The van der Waals surface area contributed by atoms with Gasteiger partial charge in [0.2, 0.25) is 11.8 Å². The summed E-state index contributed by atoms with van der Waals surface area (Å²) in [5, 5.41) is 33.9. The SMILES string of the molecule is Cc1ncsc1-c1ccc(CNC(=O)[C@@H]2C[C@@H](O)CN2C(=O)[C@@H](NC(=O)c2ccc(OCCOCCCOc3ncc(N4C(=S)N(c5ccc(C#N)c(C(F)(F)F)c5F)C(=N)C4(C)C)cc3F)cc2)C(C)(C)C)cc1. The molecule has 5 aromatic rings. The number of nitrogens with zero attached hydrogens (tertiary/aromatic N) is 6. The highest BCUT2D eigenvalue weighted by Gasteiger charge is 2.50. The van der Waals surface area contributed by atoms with Gasteiger partial charge in [-0.1, -0.05) is 45.0 Å². The first-order valence-corrected chi connectivity index (χ1v) is 24.9. The lowest BCUT2D eigenvalue weighted by Gasteiger charge is -2.35. The summed E-state index contributed by atoms with van der Waals surface area (Å²) < 4.78 is 89.0. The number of aliphatic hydroxyl groups is 1. The molecule has 2 fully saturated rings. The fraction of sp³-hybridized carbons (Fsp3) is 0.385. The number of aryl methyl sites for hydroxylation is 1. The number of aliphatic hydroxyl groups excluding tert-OH is 1. The molecule has 4 heterocycles. The first-order chi connectivity index (χ1) is 35.4. The normalized spacial score (nSPS) is 17.0. The largest absolute Gasteiger partial charge is 0.491 e. The minimum atomic E-state index is -5.21. The van der Waals surface area contributed by atoms with Gasteiger partial charge in [-0.25, -0.2) is 18.7 Å². The molecular weight excluding hydrogens is 1020 g/mol. The summed E-state index contributed by atoms with van der Waals surface area (Å²) in [6.45, 7) is 11.0. The Kier molecular flexibility index (Phi) is 16.9. The zero-order valence-corrected chi connectivity index (χ0v) is 43.3. The number of halogens is 5. The van der Waals surface area contributed by atoms with Crippen LogP contribution in [0, 0.1) is 40.7 Å². The molecule has 0 spiro atoms. The van der Waals surface area contributed by atoms with Crippen LogP contribution in [0.1, 0.15) is 80.2 Å². The van der Waals surface area contributed by atoms with Gasteiger partial charge in [-0.2, -0.15) is 18.4 Å². The molecule has 2 aromatic heterocycles. The van der Waals surface area contributed by atoms with Crippen LogP contribution in [0.4, 0.5) is 33.3 Å². The van der Waals surface area contributed by atoms with E-state index < -0.39 is 87.3 Å². The van der Waals surface area contributed by atoms with Gasteiger partial charge in [0, 0.05) is 44.2 Å². The van der Waals surface area contributed by atoms with Crippen LogP contribution in [0.25, 0.3) is 10.4 Å². The molecule has 23 heteroatoms. The molecule has 75 heavy (non-hydrogen) atoms. The zero-order valence-electron chi connectivity index (χ0n) is 41.7. The average molecular weight is 1080 g/mol. The number of hydrogen-bond donors (Lipinski definition) is 4. The third-order valence-corrected chi connectivity index (χ3v) is 13.9. The molecule has 0 unspecified atom stereocenters. The highest BCUT2D eigenvalue weighted by atomic mass is 32.1. The van der Waals surface area contributed by atoms with Gasteiger partial charge in [-0.15, -0.1) is 11.3 Å². The van der Waals surface area contributed by atoms with Crippen molar-refractivity contribution in [3.05, 3.63) is 118 Å². The number of carbonyl (C=O) groups excluding carboxylic acids is 3. The van der Waals surface area contributed by atoms with Gasteiger partial charge in [0.1, 0.15) is 35.8 Å². The number of nitriles is 1. The number of nitrogens with one attached hydrogen (secondary N) is 3. The van der Waals surface area contributed by atoms with Crippen LogP contribution in [0.2, 0.25) is 0 Å². The van der Waals surface area contributed by atoms with Crippen molar-refractivity contribution in [2.24, 2.45) is 5.41 Å². The number of thiocarbonyl (C=S) groups is 1. The van der Waals surface area contributed by atoms with Gasteiger partial charge >= 0.3 is 6.18 Å². The first kappa shape index (κ1) is 55.6. The van der Waals surface area contributed by atoms with Crippen molar-refractivity contribution in [1.29, 1.82) is 10.7 Å². The van der Waals surface area contributed by atoms with Crippen molar-refractivity contribution in [3.8, 4) is 28.1 Å². The fourth-order valence-electron chi connectivity index (χ4n) is 8.57. The van der Waals surface area contributed by atoms with Crippen molar-refractivity contribution in [3.63, 3.8) is 0 Å². The Morgan fingerprint density at radius 2 is 1.71 bits per heavy atom. The predicted molar refractivity (Wildman–Crippen MR) is 274 cm³/mol. The highest BCUT2D eigenvalue weighted by Crippen LogP contribution is 2.42. The number of ether oxygens (including phenoxy) is 3. The number of aromatic nitrogens is 2. The van der Waals surface area contributed by atoms with E-state index in [4.69, 9.17) is 31.8 Å². The van der Waals surface area contributed by atoms with Gasteiger partial charge in [-0.05, 0) is 85.9 Å². The number of anilines is 2. The summed E-state index contributed by atoms with van der Waals surface area (Å²) in [4.78, 5) is 53.9. The first-order valence-electron chi connectivity index (χ1n) is 23.6. The number of rotatable bonds is 18. The molecule has 2 saturated heterocycles. The minimum Gasteiger partial charge on any atom is -0.491 e. The smallest absolute Gasteiger partial charge is 0.420 e. The van der Waals surface area contributed by atoms with Crippen LogP contribution < -0.4 is 29.9 Å². The Labute approximate surface area is 438 Å². The number of thiazole rings is 1. The van der Waals surface area contributed by atoms with E-state index in [1.165, 1.54) is 35.9 Å². The molecule has 7 rings (SSSR count). The fourth-order valence-corrected chi connectivity index (χ4v) is 9.91. The quantitative estimate of drug-likeness (QED) is 0.0371. The van der Waals surface area contributed by atoms with Crippen molar-refractivity contribution in [2.45, 2.75) is 90.8 Å². The molecule has 2 aliphatic heterocycles. The number of β-amino-alcohol motifs (C(OH)–C–C–N with tert-alkyl or cyclic N) is 1.